The zero-order valence-electron chi connectivity index (χ0n) is 8.63. The van der Waals surface area contributed by atoms with E-state index in [-0.39, 0.29) is 16.5 Å². The summed E-state index contributed by atoms with van der Waals surface area (Å²) in [6.07, 6.45) is 0. The Hall–Kier alpha value is -0.740. The minimum atomic E-state index is -0.299. The van der Waals surface area contributed by atoms with Crippen LogP contribution < -0.4 is 0 Å². The molecule has 0 N–H and O–H groups in total. The molecule has 1 atom stereocenters. The van der Waals surface area contributed by atoms with Crippen molar-refractivity contribution in [2.75, 3.05) is 0 Å². The van der Waals surface area contributed by atoms with Gasteiger partial charge in [-0.25, -0.2) is 8.78 Å². The molecule has 2 aromatic carbocycles. The summed E-state index contributed by atoms with van der Waals surface area (Å²) < 4.78 is 26.3. The highest BCUT2D eigenvalue weighted by Crippen LogP contribution is 2.32. The molecule has 0 amide bonds. The third-order valence-corrected chi connectivity index (χ3v) is 4.06. The number of halogens is 4. The summed E-state index contributed by atoms with van der Waals surface area (Å²) in [6, 6.07) is 11.0. The quantitative estimate of drug-likeness (QED) is 0.644. The van der Waals surface area contributed by atoms with Gasteiger partial charge in [-0.05, 0) is 51.3 Å². The van der Waals surface area contributed by atoms with Crippen LogP contribution in [0.2, 0.25) is 0 Å². The molecule has 17 heavy (non-hydrogen) atoms. The van der Waals surface area contributed by atoms with Crippen molar-refractivity contribution >= 4 is 31.9 Å². The fraction of sp³-hybridized carbons (Fsp3) is 0.0769. The second kappa shape index (κ2) is 5.27. The van der Waals surface area contributed by atoms with Gasteiger partial charge in [-0.1, -0.05) is 34.1 Å². The van der Waals surface area contributed by atoms with Gasteiger partial charge in [-0.15, -0.1) is 0 Å². The molecule has 0 bridgehead atoms. The van der Waals surface area contributed by atoms with Crippen LogP contribution in [0.5, 0.6) is 0 Å². The Labute approximate surface area is 115 Å². The molecule has 0 fully saturated rings. The first-order chi connectivity index (χ1) is 8.08. The monoisotopic (exact) mass is 360 g/mol. The molecular formula is C13H8Br2F2. The first kappa shape index (κ1) is 12.7. The minimum Gasteiger partial charge on any atom is -0.207 e. The summed E-state index contributed by atoms with van der Waals surface area (Å²) in [5.74, 6) is -0.568. The van der Waals surface area contributed by atoms with E-state index in [4.69, 9.17) is 0 Å². The van der Waals surface area contributed by atoms with Gasteiger partial charge in [0, 0.05) is 0 Å². The van der Waals surface area contributed by atoms with Crippen LogP contribution in [-0.2, 0) is 0 Å². The fourth-order valence-electron chi connectivity index (χ4n) is 1.49. The topological polar surface area (TPSA) is 0 Å². The Bertz CT molecular complexity index is 523. The van der Waals surface area contributed by atoms with Crippen LogP contribution in [0.1, 0.15) is 16.0 Å². The number of hydrogen-bond acceptors (Lipinski definition) is 0. The molecule has 0 heterocycles. The Morgan fingerprint density at radius 3 is 2.06 bits per heavy atom. The molecule has 0 aliphatic carbocycles. The minimum absolute atomic E-state index is 0.0833. The van der Waals surface area contributed by atoms with Crippen molar-refractivity contribution < 1.29 is 8.78 Å². The van der Waals surface area contributed by atoms with Crippen molar-refractivity contribution in [3.63, 3.8) is 0 Å². The predicted octanol–water partition coefficient (Wildman–Crippen LogP) is 5.21. The maximum Gasteiger partial charge on any atom is 0.137 e. The third-order valence-electron chi connectivity index (χ3n) is 2.40. The van der Waals surface area contributed by atoms with Gasteiger partial charge >= 0.3 is 0 Å². The Morgan fingerprint density at radius 2 is 1.47 bits per heavy atom. The van der Waals surface area contributed by atoms with Crippen LogP contribution in [0.15, 0.2) is 46.9 Å². The van der Waals surface area contributed by atoms with E-state index < -0.39 is 0 Å². The van der Waals surface area contributed by atoms with E-state index in [1.807, 2.05) is 0 Å². The highest BCUT2D eigenvalue weighted by molar-refractivity contribution is 9.10. The van der Waals surface area contributed by atoms with Gasteiger partial charge in [0.25, 0.3) is 0 Å². The number of alkyl halides is 1. The molecule has 0 saturated carbocycles. The Balaban J connectivity index is 2.33. The van der Waals surface area contributed by atoms with Gasteiger partial charge < -0.3 is 0 Å². The predicted molar refractivity (Wildman–Crippen MR) is 71.3 cm³/mol. The zero-order chi connectivity index (χ0) is 12.4. The average molecular weight is 362 g/mol. The van der Waals surface area contributed by atoms with Crippen LogP contribution in [0.4, 0.5) is 8.78 Å². The fourth-order valence-corrected chi connectivity index (χ4v) is 2.48. The van der Waals surface area contributed by atoms with Crippen LogP contribution in [0.3, 0.4) is 0 Å². The molecule has 0 spiro atoms. The lowest BCUT2D eigenvalue weighted by Gasteiger charge is -2.11. The van der Waals surface area contributed by atoms with E-state index in [0.717, 1.165) is 11.1 Å². The third kappa shape index (κ3) is 2.93. The standard InChI is InChI=1S/C13H8Br2F2/c14-11-7-9(3-6-12(11)17)13(15)8-1-4-10(16)5-2-8/h1-7,13H. The number of rotatable bonds is 2. The largest absolute Gasteiger partial charge is 0.207 e. The average Bonchev–Trinajstić information content (AvgIpc) is 2.33. The van der Waals surface area contributed by atoms with E-state index in [1.54, 1.807) is 24.3 Å². The molecule has 0 aliphatic heterocycles. The summed E-state index contributed by atoms with van der Waals surface area (Å²) in [5.41, 5.74) is 1.83. The normalized spacial score (nSPS) is 12.5. The summed E-state index contributed by atoms with van der Waals surface area (Å²) in [5, 5.41) is 0. The van der Waals surface area contributed by atoms with Crippen LogP contribution in [-0.4, -0.2) is 0 Å². The van der Waals surface area contributed by atoms with E-state index >= 15 is 0 Å². The first-order valence-corrected chi connectivity index (χ1v) is 6.63. The molecule has 0 aliphatic rings. The molecule has 2 aromatic rings. The molecule has 2 rings (SSSR count). The van der Waals surface area contributed by atoms with Crippen molar-refractivity contribution in [3.8, 4) is 0 Å². The van der Waals surface area contributed by atoms with Crippen molar-refractivity contribution in [2.45, 2.75) is 4.83 Å². The van der Waals surface area contributed by atoms with Gasteiger partial charge in [0.1, 0.15) is 11.6 Å². The van der Waals surface area contributed by atoms with Crippen LogP contribution in [0.25, 0.3) is 0 Å². The smallest absolute Gasteiger partial charge is 0.137 e. The molecular weight excluding hydrogens is 354 g/mol. The van der Waals surface area contributed by atoms with Crippen molar-refractivity contribution in [2.24, 2.45) is 0 Å². The molecule has 0 aromatic heterocycles. The number of hydrogen-bond donors (Lipinski definition) is 0. The summed E-state index contributed by atoms with van der Waals surface area (Å²) in [6.45, 7) is 0. The molecule has 4 heteroatoms. The van der Waals surface area contributed by atoms with Crippen molar-refractivity contribution in [1.29, 1.82) is 0 Å². The van der Waals surface area contributed by atoms with Crippen molar-refractivity contribution in [3.05, 3.63) is 69.7 Å². The SMILES string of the molecule is Fc1ccc(C(Br)c2ccc(F)c(Br)c2)cc1. The van der Waals surface area contributed by atoms with Crippen molar-refractivity contribution in [1.82, 2.24) is 0 Å². The maximum absolute atomic E-state index is 13.1. The van der Waals surface area contributed by atoms with E-state index in [9.17, 15) is 8.78 Å². The summed E-state index contributed by atoms with van der Waals surface area (Å²) >= 11 is 6.65. The first-order valence-electron chi connectivity index (χ1n) is 4.92. The number of benzene rings is 2. The molecule has 0 saturated heterocycles. The lowest BCUT2D eigenvalue weighted by molar-refractivity contribution is 0.620. The van der Waals surface area contributed by atoms with E-state index in [2.05, 4.69) is 31.9 Å². The zero-order valence-corrected chi connectivity index (χ0v) is 11.8. The maximum atomic E-state index is 13.1. The van der Waals surface area contributed by atoms with Gasteiger partial charge in [0.05, 0.1) is 9.30 Å². The van der Waals surface area contributed by atoms with Gasteiger partial charge in [0.2, 0.25) is 0 Å². The van der Waals surface area contributed by atoms with Gasteiger partial charge in [-0.3, -0.25) is 0 Å². The lowest BCUT2D eigenvalue weighted by Crippen LogP contribution is -1.93. The van der Waals surface area contributed by atoms with Crippen LogP contribution >= 0.6 is 31.9 Å². The summed E-state index contributed by atoms with van der Waals surface area (Å²) in [4.78, 5) is -0.0833. The van der Waals surface area contributed by atoms with Gasteiger partial charge in [0.15, 0.2) is 0 Å². The second-order valence-electron chi connectivity index (χ2n) is 3.59. The molecule has 88 valence electrons. The molecule has 1 unspecified atom stereocenters. The van der Waals surface area contributed by atoms with Crippen LogP contribution in [0, 0.1) is 11.6 Å². The molecule has 0 radical (unpaired) electrons. The summed E-state index contributed by atoms with van der Waals surface area (Å²) in [7, 11) is 0. The lowest BCUT2D eigenvalue weighted by atomic mass is 10.0. The second-order valence-corrected chi connectivity index (χ2v) is 5.36. The van der Waals surface area contributed by atoms with E-state index in [0.29, 0.717) is 4.47 Å². The van der Waals surface area contributed by atoms with E-state index in [1.165, 1.54) is 18.2 Å². The Morgan fingerprint density at radius 1 is 0.882 bits per heavy atom. The highest BCUT2D eigenvalue weighted by Gasteiger charge is 2.12. The molecule has 0 nitrogen and oxygen atoms in total. The highest BCUT2D eigenvalue weighted by atomic mass is 79.9. The van der Waals surface area contributed by atoms with Gasteiger partial charge in [-0.2, -0.15) is 0 Å². The Kier molecular flexibility index (Phi) is 3.94.